The number of ketones is 1. The predicted octanol–water partition coefficient (Wildman–Crippen LogP) is 1.48. The zero-order valence-electron chi connectivity index (χ0n) is 9.89. The van der Waals surface area contributed by atoms with Crippen LogP contribution >= 0.6 is 0 Å². The summed E-state index contributed by atoms with van der Waals surface area (Å²) < 4.78 is 5.27. The number of Topliss-reactive ketones (excluding diaryl/α,β-unsaturated/α-hetero) is 1. The molecule has 0 saturated heterocycles. The number of carbonyl (C=O) groups excluding carboxylic acids is 1. The molecule has 0 spiro atoms. The van der Waals surface area contributed by atoms with Crippen LogP contribution in [0.2, 0.25) is 6.32 Å². The summed E-state index contributed by atoms with van der Waals surface area (Å²) in [6, 6.07) is 4.04. The maximum atomic E-state index is 11.4. The van der Waals surface area contributed by atoms with Crippen LogP contribution in [-0.4, -0.2) is 20.7 Å². The van der Waals surface area contributed by atoms with Crippen molar-refractivity contribution in [3.05, 3.63) is 28.8 Å². The quantitative estimate of drug-likeness (QED) is 0.694. The molecule has 0 unspecified atom stereocenters. The van der Waals surface area contributed by atoms with Crippen LogP contribution in [0.3, 0.4) is 0 Å². The fourth-order valence-corrected chi connectivity index (χ4v) is 1.52. The molecule has 0 aromatic heterocycles. The van der Waals surface area contributed by atoms with E-state index in [4.69, 9.17) is 4.74 Å². The number of hydrogen-bond donors (Lipinski definition) is 0. The first-order valence-electron chi connectivity index (χ1n) is 5.24. The molecule has 1 aromatic carbocycles. The smallest absolute Gasteiger partial charge is 0.129 e. The number of aryl methyl sites for hydroxylation is 2. The van der Waals surface area contributed by atoms with Crippen LogP contribution in [0.25, 0.3) is 0 Å². The average molecular weight is 204 g/mol. The van der Waals surface area contributed by atoms with Crippen molar-refractivity contribution in [2.24, 2.45) is 0 Å². The Morgan fingerprint density at radius 1 is 1.33 bits per heavy atom. The van der Waals surface area contributed by atoms with Gasteiger partial charge in [-0.05, 0) is 37.4 Å². The molecule has 0 radical (unpaired) electrons. The molecule has 0 atom stereocenters. The third kappa shape index (κ3) is 2.85. The summed E-state index contributed by atoms with van der Waals surface area (Å²) >= 11 is 0. The van der Waals surface area contributed by atoms with E-state index >= 15 is 0 Å². The first-order valence-corrected chi connectivity index (χ1v) is 5.24. The van der Waals surface area contributed by atoms with Gasteiger partial charge in [0.1, 0.15) is 19.4 Å². The molecule has 0 heterocycles. The first kappa shape index (κ1) is 11.8. The highest BCUT2D eigenvalue weighted by Gasteiger charge is 2.09. The molecule has 0 bridgehead atoms. The van der Waals surface area contributed by atoms with E-state index in [9.17, 15) is 4.79 Å². The van der Waals surface area contributed by atoms with E-state index in [1.54, 1.807) is 7.11 Å². The highest BCUT2D eigenvalue weighted by molar-refractivity contribution is 6.20. The maximum absolute atomic E-state index is 11.4. The van der Waals surface area contributed by atoms with Crippen LogP contribution in [0.4, 0.5) is 0 Å². The third-order valence-electron chi connectivity index (χ3n) is 2.68. The lowest BCUT2D eigenvalue weighted by Crippen LogP contribution is -2.04. The van der Waals surface area contributed by atoms with Crippen molar-refractivity contribution in [2.75, 3.05) is 7.11 Å². The van der Waals surface area contributed by atoms with Gasteiger partial charge in [0.05, 0.1) is 7.11 Å². The third-order valence-corrected chi connectivity index (χ3v) is 2.68. The van der Waals surface area contributed by atoms with E-state index in [-0.39, 0.29) is 5.78 Å². The maximum Gasteiger partial charge on any atom is 0.129 e. The number of ether oxygens (including phenoxy) is 1. The van der Waals surface area contributed by atoms with E-state index < -0.39 is 0 Å². The Balaban J connectivity index is 3.05. The molecule has 1 rings (SSSR count). The minimum absolute atomic E-state index is 0.247. The van der Waals surface area contributed by atoms with Gasteiger partial charge in [0.25, 0.3) is 0 Å². The zero-order chi connectivity index (χ0) is 11.4. The topological polar surface area (TPSA) is 26.3 Å². The van der Waals surface area contributed by atoms with Crippen molar-refractivity contribution in [1.29, 1.82) is 0 Å². The van der Waals surface area contributed by atoms with Crippen molar-refractivity contribution in [2.45, 2.75) is 26.6 Å². The Hall–Kier alpha value is -1.25. The predicted molar refractivity (Wildman–Crippen MR) is 64.5 cm³/mol. The van der Waals surface area contributed by atoms with E-state index in [1.165, 1.54) is 11.1 Å². The Kier molecular flexibility index (Phi) is 3.95. The highest BCUT2D eigenvalue weighted by Crippen LogP contribution is 2.23. The van der Waals surface area contributed by atoms with E-state index in [0.29, 0.717) is 12.7 Å². The highest BCUT2D eigenvalue weighted by atomic mass is 16.5. The van der Waals surface area contributed by atoms with Crippen molar-refractivity contribution in [1.82, 2.24) is 0 Å². The van der Waals surface area contributed by atoms with Crippen LogP contribution in [0.15, 0.2) is 12.1 Å². The summed E-state index contributed by atoms with van der Waals surface area (Å²) in [6.45, 7) is 4.10. The molecule has 2 nitrogen and oxygen atoms in total. The summed E-state index contributed by atoms with van der Waals surface area (Å²) in [7, 11) is 3.53. The number of benzene rings is 1. The molecule has 0 saturated carbocycles. The monoisotopic (exact) mass is 204 g/mol. The Bertz CT molecular complexity index is 372. The van der Waals surface area contributed by atoms with Crippen molar-refractivity contribution in [3.8, 4) is 5.75 Å². The number of methoxy groups -OCH3 is 1. The van der Waals surface area contributed by atoms with Gasteiger partial charge in [-0.2, -0.15) is 0 Å². The van der Waals surface area contributed by atoms with Gasteiger partial charge >= 0.3 is 0 Å². The van der Waals surface area contributed by atoms with Crippen LogP contribution < -0.4 is 4.74 Å². The van der Waals surface area contributed by atoms with Crippen LogP contribution in [-0.2, 0) is 11.2 Å². The fraction of sp³-hybridized carbons (Fsp3) is 0.417. The second kappa shape index (κ2) is 5.01. The summed E-state index contributed by atoms with van der Waals surface area (Å²) in [5.74, 6) is 1.07. The zero-order valence-corrected chi connectivity index (χ0v) is 9.89. The van der Waals surface area contributed by atoms with Crippen molar-refractivity contribution < 1.29 is 9.53 Å². The summed E-state index contributed by atoms with van der Waals surface area (Å²) in [6.07, 6.45) is 1.05. The summed E-state index contributed by atoms with van der Waals surface area (Å²) in [5, 5.41) is 0. The molecule has 0 aliphatic heterocycles. The number of carbonyl (C=O) groups is 1. The molecule has 0 fully saturated rings. The second-order valence-electron chi connectivity index (χ2n) is 3.82. The molecule has 0 amide bonds. The molecule has 3 heteroatoms. The largest absolute Gasteiger partial charge is 0.496 e. The standard InChI is InChI=1S/C12H17BO2/c1-8-4-10(6-11(14)7-13)12(15-3)5-9(8)2/h4-5H,6-7,13H2,1-3H3. The Morgan fingerprint density at radius 2 is 1.93 bits per heavy atom. The molecule has 0 N–H and O–H groups in total. The SMILES string of the molecule is BCC(=O)Cc1cc(C)c(C)cc1OC. The number of hydrogen-bond acceptors (Lipinski definition) is 2. The van der Waals surface area contributed by atoms with Crippen LogP contribution in [0.5, 0.6) is 5.75 Å². The van der Waals surface area contributed by atoms with E-state index in [1.807, 2.05) is 26.9 Å². The van der Waals surface area contributed by atoms with Crippen LogP contribution in [0.1, 0.15) is 16.7 Å². The lowest BCUT2D eigenvalue weighted by Gasteiger charge is -2.10. The van der Waals surface area contributed by atoms with Crippen LogP contribution in [0, 0.1) is 13.8 Å². The average Bonchev–Trinajstić information content (AvgIpc) is 2.22. The van der Waals surface area contributed by atoms with Gasteiger partial charge in [0.15, 0.2) is 0 Å². The minimum atomic E-state index is 0.247. The van der Waals surface area contributed by atoms with Gasteiger partial charge in [0, 0.05) is 12.0 Å². The molecule has 1 aromatic rings. The van der Waals surface area contributed by atoms with Crippen molar-refractivity contribution >= 4 is 13.6 Å². The van der Waals surface area contributed by atoms with Gasteiger partial charge < -0.3 is 9.53 Å². The Labute approximate surface area is 92.0 Å². The first-order chi connectivity index (χ1) is 7.08. The molecule has 0 aliphatic rings. The van der Waals surface area contributed by atoms with Gasteiger partial charge in [-0.25, -0.2) is 0 Å². The number of rotatable bonds is 4. The van der Waals surface area contributed by atoms with Gasteiger partial charge in [-0.15, -0.1) is 0 Å². The van der Waals surface area contributed by atoms with Gasteiger partial charge in [0.2, 0.25) is 0 Å². The summed E-state index contributed by atoms with van der Waals surface area (Å²) in [5.41, 5.74) is 3.39. The molecule has 80 valence electrons. The van der Waals surface area contributed by atoms with Gasteiger partial charge in [-0.1, -0.05) is 6.07 Å². The van der Waals surface area contributed by atoms with E-state index in [2.05, 4.69) is 6.92 Å². The Morgan fingerprint density at radius 3 is 2.47 bits per heavy atom. The lowest BCUT2D eigenvalue weighted by atomic mass is 9.94. The van der Waals surface area contributed by atoms with E-state index in [0.717, 1.165) is 11.3 Å². The second-order valence-corrected chi connectivity index (χ2v) is 3.82. The minimum Gasteiger partial charge on any atom is -0.496 e. The summed E-state index contributed by atoms with van der Waals surface area (Å²) in [4.78, 5) is 11.4. The molecular weight excluding hydrogens is 187 g/mol. The lowest BCUT2D eigenvalue weighted by molar-refractivity contribution is -0.116. The van der Waals surface area contributed by atoms with Gasteiger partial charge in [-0.3, -0.25) is 0 Å². The molecule has 0 aliphatic carbocycles. The normalized spacial score (nSPS) is 10.1. The fourth-order valence-electron chi connectivity index (χ4n) is 1.52. The van der Waals surface area contributed by atoms with Crippen molar-refractivity contribution in [3.63, 3.8) is 0 Å². The molecular formula is C12H17BO2. The molecule has 15 heavy (non-hydrogen) atoms.